The first kappa shape index (κ1) is 25.7. The van der Waals surface area contributed by atoms with Crippen LogP contribution in [0.1, 0.15) is 43.9 Å². The van der Waals surface area contributed by atoms with Gasteiger partial charge in [0.05, 0.1) is 10.9 Å². The predicted molar refractivity (Wildman–Crippen MR) is 128 cm³/mol. The fourth-order valence-electron chi connectivity index (χ4n) is 4.01. The lowest BCUT2D eigenvalue weighted by Crippen LogP contribution is -2.55. The van der Waals surface area contributed by atoms with Crippen molar-refractivity contribution in [3.05, 3.63) is 26.8 Å². The van der Waals surface area contributed by atoms with Gasteiger partial charge in [-0.1, -0.05) is 18.5 Å². The highest BCUT2D eigenvalue weighted by molar-refractivity contribution is 7.92. The van der Waals surface area contributed by atoms with Crippen molar-refractivity contribution in [1.82, 2.24) is 19.8 Å². The molecule has 182 valence electrons. The third kappa shape index (κ3) is 7.26. The van der Waals surface area contributed by atoms with Crippen LogP contribution in [0.2, 0.25) is 4.34 Å². The molecule has 3 heterocycles. The Labute approximate surface area is 203 Å². The highest BCUT2D eigenvalue weighted by Gasteiger charge is 2.35. The summed E-state index contributed by atoms with van der Waals surface area (Å²) < 4.78 is 27.9. The van der Waals surface area contributed by atoms with Crippen molar-refractivity contribution in [3.63, 3.8) is 0 Å². The summed E-state index contributed by atoms with van der Waals surface area (Å²) in [6.45, 7) is 3.06. The lowest BCUT2D eigenvalue weighted by atomic mass is 10.1. The molecule has 12 heteroatoms. The monoisotopic (exact) mass is 516 g/mol. The van der Waals surface area contributed by atoms with E-state index in [1.54, 1.807) is 24.0 Å². The van der Waals surface area contributed by atoms with Gasteiger partial charge in [0.2, 0.25) is 27.7 Å². The Morgan fingerprint density at radius 1 is 1.24 bits per heavy atom. The second kappa shape index (κ2) is 11.5. The molecule has 1 aromatic heterocycles. The SMILES string of the molecule is CCC(=O)NC[C@@H]1CCCN1C(=O)CN1CCC[C@H](NS(=O)(=O)C=Cc2ccc(Cl)s2)C1=O. The number of thiophene rings is 1. The molecular weight excluding hydrogens is 488 g/mol. The molecule has 0 unspecified atom stereocenters. The summed E-state index contributed by atoms with van der Waals surface area (Å²) >= 11 is 7.10. The molecule has 9 nitrogen and oxygen atoms in total. The molecule has 1 aromatic rings. The van der Waals surface area contributed by atoms with Crippen molar-refractivity contribution in [1.29, 1.82) is 0 Å². The minimum Gasteiger partial charge on any atom is -0.354 e. The minimum atomic E-state index is -3.85. The van der Waals surface area contributed by atoms with Crippen LogP contribution in [0, 0.1) is 0 Å². The van der Waals surface area contributed by atoms with Crippen LogP contribution in [0.4, 0.5) is 0 Å². The summed E-state index contributed by atoms with van der Waals surface area (Å²) in [5.41, 5.74) is 0. The maximum absolute atomic E-state index is 12.9. The molecular formula is C21H29ClN4O5S2. The fraction of sp³-hybridized carbons (Fsp3) is 0.571. The normalized spacial score (nSPS) is 21.7. The molecule has 2 fully saturated rings. The zero-order chi connectivity index (χ0) is 24.0. The van der Waals surface area contributed by atoms with E-state index in [-0.39, 0.29) is 24.4 Å². The number of rotatable bonds is 9. The summed E-state index contributed by atoms with van der Waals surface area (Å²) in [6, 6.07) is 2.38. The van der Waals surface area contributed by atoms with Gasteiger partial charge in [-0.25, -0.2) is 8.42 Å². The zero-order valence-corrected chi connectivity index (χ0v) is 20.8. The van der Waals surface area contributed by atoms with Gasteiger partial charge in [-0.3, -0.25) is 14.4 Å². The van der Waals surface area contributed by atoms with E-state index in [1.165, 1.54) is 22.3 Å². The maximum Gasteiger partial charge on any atom is 0.242 e. The maximum atomic E-state index is 12.9. The number of piperidine rings is 1. The number of likely N-dealkylation sites (tertiary alicyclic amines) is 2. The van der Waals surface area contributed by atoms with Gasteiger partial charge in [0, 0.05) is 42.4 Å². The average Bonchev–Trinajstić information content (AvgIpc) is 3.42. The van der Waals surface area contributed by atoms with Crippen LogP contribution < -0.4 is 10.0 Å². The molecule has 3 amide bonds. The van der Waals surface area contributed by atoms with Crippen molar-refractivity contribution in [2.45, 2.75) is 51.1 Å². The van der Waals surface area contributed by atoms with E-state index in [1.807, 2.05) is 0 Å². The van der Waals surface area contributed by atoms with Gasteiger partial charge in [-0.2, -0.15) is 4.72 Å². The van der Waals surface area contributed by atoms with Gasteiger partial charge in [-0.15, -0.1) is 11.3 Å². The molecule has 33 heavy (non-hydrogen) atoms. The molecule has 2 N–H and O–H groups in total. The number of halogens is 1. The number of nitrogens with one attached hydrogen (secondary N) is 2. The van der Waals surface area contributed by atoms with E-state index >= 15 is 0 Å². The van der Waals surface area contributed by atoms with Crippen LogP contribution in [0.25, 0.3) is 6.08 Å². The molecule has 0 saturated carbocycles. The van der Waals surface area contributed by atoms with Gasteiger partial charge in [-0.05, 0) is 43.9 Å². The standard InChI is InChI=1S/C21H29ClN4O5S2/c1-2-19(27)23-13-15-5-3-11-26(15)20(28)14-25-10-4-6-17(21(25)29)24-33(30,31)12-9-16-7-8-18(22)32-16/h7-9,12,15,17,24H,2-6,10-11,13-14H2,1H3,(H,23,27)/t15-,17-/m0/s1. The first-order valence-electron chi connectivity index (χ1n) is 11.0. The van der Waals surface area contributed by atoms with Crippen molar-refractivity contribution in [2.75, 3.05) is 26.2 Å². The number of carbonyl (C=O) groups is 3. The molecule has 2 aliphatic heterocycles. The van der Waals surface area contributed by atoms with Crippen LogP contribution in [0.15, 0.2) is 17.5 Å². The molecule has 2 saturated heterocycles. The van der Waals surface area contributed by atoms with E-state index in [4.69, 9.17) is 11.6 Å². The first-order chi connectivity index (χ1) is 15.7. The van der Waals surface area contributed by atoms with Crippen molar-refractivity contribution < 1.29 is 22.8 Å². The number of carbonyl (C=O) groups excluding carboxylic acids is 3. The minimum absolute atomic E-state index is 0.0631. The third-order valence-corrected chi connectivity index (χ3v) is 8.03. The van der Waals surface area contributed by atoms with Crippen LogP contribution in [-0.2, 0) is 24.4 Å². The predicted octanol–water partition coefficient (Wildman–Crippen LogP) is 1.80. The van der Waals surface area contributed by atoms with Crippen LogP contribution >= 0.6 is 22.9 Å². The summed E-state index contributed by atoms with van der Waals surface area (Å²) in [7, 11) is -3.85. The van der Waals surface area contributed by atoms with Crippen LogP contribution in [0.5, 0.6) is 0 Å². The number of hydrogen-bond donors (Lipinski definition) is 2. The topological polar surface area (TPSA) is 116 Å². The Balaban J connectivity index is 1.56. The summed E-state index contributed by atoms with van der Waals surface area (Å²) in [6.07, 6.45) is 4.42. The van der Waals surface area contributed by atoms with Crippen molar-refractivity contribution in [3.8, 4) is 0 Å². The third-order valence-electron chi connectivity index (χ3n) is 5.72. The molecule has 0 bridgehead atoms. The van der Waals surface area contributed by atoms with E-state index < -0.39 is 22.0 Å². The van der Waals surface area contributed by atoms with Gasteiger partial charge < -0.3 is 15.1 Å². The molecule has 0 spiro atoms. The fourth-order valence-corrected chi connectivity index (χ4v) is 6.08. The van der Waals surface area contributed by atoms with E-state index in [0.717, 1.165) is 18.2 Å². The number of sulfonamides is 1. The van der Waals surface area contributed by atoms with Crippen molar-refractivity contribution in [2.24, 2.45) is 0 Å². The largest absolute Gasteiger partial charge is 0.354 e. The number of amides is 3. The van der Waals surface area contributed by atoms with Crippen molar-refractivity contribution >= 4 is 56.8 Å². The molecule has 2 atom stereocenters. The quantitative estimate of drug-likeness (QED) is 0.519. The number of hydrogen-bond acceptors (Lipinski definition) is 6. The lowest BCUT2D eigenvalue weighted by molar-refractivity contribution is -0.143. The van der Waals surface area contributed by atoms with E-state index in [0.29, 0.717) is 48.1 Å². The Hall–Kier alpha value is -1.95. The average molecular weight is 517 g/mol. The van der Waals surface area contributed by atoms with Crippen LogP contribution in [-0.4, -0.2) is 74.2 Å². The molecule has 2 aliphatic rings. The Bertz CT molecular complexity index is 1010. The highest BCUT2D eigenvalue weighted by Crippen LogP contribution is 2.23. The van der Waals surface area contributed by atoms with Gasteiger partial charge in [0.25, 0.3) is 0 Å². The highest BCUT2D eigenvalue weighted by atomic mass is 35.5. The molecule has 3 rings (SSSR count). The smallest absolute Gasteiger partial charge is 0.242 e. The molecule has 0 radical (unpaired) electrons. The second-order valence-corrected chi connectivity index (χ2v) is 11.4. The Morgan fingerprint density at radius 3 is 2.70 bits per heavy atom. The Kier molecular flexibility index (Phi) is 8.91. The first-order valence-corrected chi connectivity index (χ1v) is 13.7. The van der Waals surface area contributed by atoms with E-state index in [9.17, 15) is 22.8 Å². The Morgan fingerprint density at radius 2 is 2.00 bits per heavy atom. The summed E-state index contributed by atoms with van der Waals surface area (Å²) in [5.74, 6) is -0.651. The van der Waals surface area contributed by atoms with Gasteiger partial charge in [0.15, 0.2) is 0 Å². The molecule has 0 aromatic carbocycles. The summed E-state index contributed by atoms with van der Waals surface area (Å²) in [4.78, 5) is 41.2. The lowest BCUT2D eigenvalue weighted by Gasteiger charge is -2.34. The van der Waals surface area contributed by atoms with E-state index in [2.05, 4.69) is 10.0 Å². The zero-order valence-electron chi connectivity index (χ0n) is 18.5. The number of nitrogens with zero attached hydrogens (tertiary/aromatic N) is 2. The second-order valence-electron chi connectivity index (χ2n) is 8.10. The molecule has 0 aliphatic carbocycles. The van der Waals surface area contributed by atoms with Gasteiger partial charge in [0.1, 0.15) is 6.04 Å². The van der Waals surface area contributed by atoms with Crippen LogP contribution in [0.3, 0.4) is 0 Å². The summed E-state index contributed by atoms with van der Waals surface area (Å²) in [5, 5.41) is 3.85. The van der Waals surface area contributed by atoms with Gasteiger partial charge >= 0.3 is 0 Å².